The molecule has 1 aromatic rings. The smallest absolute Gasteiger partial charge is 0.216 e. The molecule has 118 valence electrons. The second-order valence-electron chi connectivity index (χ2n) is 5.43. The molecule has 0 aliphatic heterocycles. The van der Waals surface area contributed by atoms with Crippen LogP contribution in [-0.4, -0.2) is 45.0 Å². The number of nitrogens with one attached hydrogen (secondary N) is 1. The van der Waals surface area contributed by atoms with Gasteiger partial charge in [-0.2, -0.15) is 0 Å². The van der Waals surface area contributed by atoms with Gasteiger partial charge in [-0.15, -0.1) is 0 Å². The highest BCUT2D eigenvalue weighted by Gasteiger charge is 2.15. The molecule has 0 aromatic heterocycles. The van der Waals surface area contributed by atoms with Crippen molar-refractivity contribution in [3.05, 3.63) is 35.4 Å². The minimum atomic E-state index is -3.38. The van der Waals surface area contributed by atoms with E-state index in [0.717, 1.165) is 13.0 Å². The van der Waals surface area contributed by atoms with Crippen molar-refractivity contribution < 1.29 is 8.42 Å². The van der Waals surface area contributed by atoms with Crippen LogP contribution in [0.1, 0.15) is 24.5 Å². The molecule has 3 N–H and O–H groups in total. The van der Waals surface area contributed by atoms with Gasteiger partial charge in [0.1, 0.15) is 4.99 Å². The Morgan fingerprint density at radius 3 is 2.67 bits per heavy atom. The number of thiocarbonyl (C=S) groups is 1. The molecule has 0 amide bonds. The summed E-state index contributed by atoms with van der Waals surface area (Å²) in [4.78, 5) is 2.29. The van der Waals surface area contributed by atoms with Crippen molar-refractivity contribution in [2.75, 3.05) is 20.6 Å². The zero-order chi connectivity index (χ0) is 16.0. The van der Waals surface area contributed by atoms with Gasteiger partial charge in [0, 0.05) is 11.6 Å². The van der Waals surface area contributed by atoms with E-state index in [1.54, 1.807) is 24.3 Å². The lowest BCUT2D eigenvalue weighted by molar-refractivity contribution is 0.379. The van der Waals surface area contributed by atoms with Gasteiger partial charge in [-0.05, 0) is 45.6 Å². The van der Waals surface area contributed by atoms with Gasteiger partial charge < -0.3 is 10.6 Å². The molecule has 0 aliphatic rings. The van der Waals surface area contributed by atoms with Crippen LogP contribution in [0.25, 0.3) is 0 Å². The number of hydrogen-bond donors (Lipinski definition) is 2. The van der Waals surface area contributed by atoms with Crippen molar-refractivity contribution in [2.24, 2.45) is 5.73 Å². The summed E-state index contributed by atoms with van der Waals surface area (Å²) in [5.74, 6) is -0.0737. The summed E-state index contributed by atoms with van der Waals surface area (Å²) < 4.78 is 27.0. The van der Waals surface area contributed by atoms with E-state index < -0.39 is 10.0 Å². The lowest BCUT2D eigenvalue weighted by Crippen LogP contribution is -2.35. The molecule has 1 aromatic carbocycles. The first kappa shape index (κ1) is 18.0. The van der Waals surface area contributed by atoms with Gasteiger partial charge >= 0.3 is 0 Å². The molecule has 0 radical (unpaired) electrons. The molecule has 1 atom stereocenters. The van der Waals surface area contributed by atoms with Crippen LogP contribution in [0.4, 0.5) is 0 Å². The molecular weight excluding hydrogens is 306 g/mol. The largest absolute Gasteiger partial charge is 0.389 e. The zero-order valence-electron chi connectivity index (χ0n) is 12.7. The van der Waals surface area contributed by atoms with E-state index in [-0.39, 0.29) is 16.8 Å². The average Bonchev–Trinajstić information content (AvgIpc) is 2.35. The van der Waals surface area contributed by atoms with Gasteiger partial charge in [-0.1, -0.05) is 30.4 Å². The maximum absolute atomic E-state index is 12.1. The van der Waals surface area contributed by atoms with Gasteiger partial charge in [-0.3, -0.25) is 0 Å². The highest BCUT2D eigenvalue weighted by Crippen LogP contribution is 2.09. The van der Waals surface area contributed by atoms with Crippen molar-refractivity contribution in [1.29, 1.82) is 0 Å². The topological polar surface area (TPSA) is 75.4 Å². The number of nitrogens with zero attached hydrogens (tertiary/aromatic N) is 1. The number of nitrogens with two attached hydrogens (primary N) is 1. The molecular formula is C14H23N3O2S2. The maximum atomic E-state index is 12.1. The standard InChI is InChI=1S/C14H23N3O2S2/c1-11(7-8-17(2)3)16-21(18,19)10-12-5-4-6-13(9-12)14(15)20/h4-6,9,11,16H,7-8,10H2,1-3H3,(H2,15,20). The Labute approximate surface area is 132 Å². The van der Waals surface area contributed by atoms with Crippen LogP contribution < -0.4 is 10.5 Å². The second kappa shape index (κ2) is 7.84. The second-order valence-corrected chi connectivity index (χ2v) is 7.63. The maximum Gasteiger partial charge on any atom is 0.216 e. The molecule has 5 nitrogen and oxygen atoms in total. The van der Waals surface area contributed by atoms with Crippen LogP contribution in [0.15, 0.2) is 24.3 Å². The third kappa shape index (κ3) is 6.99. The molecule has 0 saturated heterocycles. The van der Waals surface area contributed by atoms with Crippen molar-refractivity contribution in [3.8, 4) is 0 Å². The normalized spacial score (nSPS) is 13.3. The summed E-state index contributed by atoms with van der Waals surface area (Å²) >= 11 is 4.90. The molecule has 1 unspecified atom stereocenters. The van der Waals surface area contributed by atoms with Gasteiger partial charge in [0.2, 0.25) is 10.0 Å². The molecule has 0 aliphatic carbocycles. The Kier molecular flexibility index (Phi) is 6.73. The highest BCUT2D eigenvalue weighted by atomic mass is 32.2. The summed E-state index contributed by atoms with van der Waals surface area (Å²) in [6.07, 6.45) is 0.763. The Balaban J connectivity index is 2.67. The third-order valence-corrected chi connectivity index (χ3v) is 4.67. The first-order valence-corrected chi connectivity index (χ1v) is 8.79. The van der Waals surface area contributed by atoms with E-state index in [2.05, 4.69) is 4.72 Å². The van der Waals surface area contributed by atoms with Crippen LogP contribution >= 0.6 is 12.2 Å². The molecule has 0 fully saturated rings. The summed E-state index contributed by atoms with van der Waals surface area (Å²) in [5.41, 5.74) is 6.91. The van der Waals surface area contributed by atoms with E-state index in [1.807, 2.05) is 25.9 Å². The van der Waals surface area contributed by atoms with Crippen molar-refractivity contribution in [2.45, 2.75) is 25.1 Å². The van der Waals surface area contributed by atoms with Crippen molar-refractivity contribution in [3.63, 3.8) is 0 Å². The van der Waals surface area contributed by atoms with Crippen molar-refractivity contribution >= 4 is 27.2 Å². The fourth-order valence-electron chi connectivity index (χ4n) is 1.89. The van der Waals surface area contributed by atoms with Crippen molar-refractivity contribution in [1.82, 2.24) is 9.62 Å². The monoisotopic (exact) mass is 329 g/mol. The van der Waals surface area contributed by atoms with Crippen LogP contribution in [0.2, 0.25) is 0 Å². The Morgan fingerprint density at radius 1 is 1.43 bits per heavy atom. The molecule has 1 rings (SSSR count). The third-order valence-electron chi connectivity index (χ3n) is 2.96. The minimum absolute atomic E-state index is 0.0737. The lowest BCUT2D eigenvalue weighted by Gasteiger charge is -2.17. The minimum Gasteiger partial charge on any atom is -0.389 e. The van der Waals surface area contributed by atoms with E-state index in [4.69, 9.17) is 18.0 Å². The molecule has 7 heteroatoms. The molecule has 0 bridgehead atoms. The fourth-order valence-corrected chi connectivity index (χ4v) is 3.45. The Hall–Kier alpha value is -1.02. The van der Waals surface area contributed by atoms with Crippen LogP contribution in [-0.2, 0) is 15.8 Å². The Morgan fingerprint density at radius 2 is 2.10 bits per heavy atom. The first-order chi connectivity index (χ1) is 9.69. The van der Waals surface area contributed by atoms with Crippen LogP contribution in [0, 0.1) is 0 Å². The van der Waals surface area contributed by atoms with E-state index >= 15 is 0 Å². The van der Waals surface area contributed by atoms with Gasteiger partial charge in [0.25, 0.3) is 0 Å². The number of sulfonamides is 1. The first-order valence-electron chi connectivity index (χ1n) is 6.73. The summed E-state index contributed by atoms with van der Waals surface area (Å²) in [7, 11) is 0.545. The van der Waals surface area contributed by atoms with Crippen LogP contribution in [0.3, 0.4) is 0 Å². The molecule has 0 spiro atoms. The van der Waals surface area contributed by atoms with Crippen LogP contribution in [0.5, 0.6) is 0 Å². The fraction of sp³-hybridized carbons (Fsp3) is 0.500. The lowest BCUT2D eigenvalue weighted by atomic mass is 10.1. The number of hydrogen-bond acceptors (Lipinski definition) is 4. The van der Waals surface area contributed by atoms with E-state index in [1.165, 1.54) is 0 Å². The zero-order valence-corrected chi connectivity index (χ0v) is 14.3. The SMILES string of the molecule is CC(CCN(C)C)NS(=O)(=O)Cc1cccc(C(N)=S)c1. The number of rotatable bonds is 8. The predicted molar refractivity (Wildman–Crippen MR) is 90.7 cm³/mol. The summed E-state index contributed by atoms with van der Waals surface area (Å²) in [6.45, 7) is 2.70. The summed E-state index contributed by atoms with van der Waals surface area (Å²) in [5, 5.41) is 0. The summed E-state index contributed by atoms with van der Waals surface area (Å²) in [6, 6.07) is 6.90. The highest BCUT2D eigenvalue weighted by molar-refractivity contribution is 7.88. The van der Waals surface area contributed by atoms with E-state index in [0.29, 0.717) is 11.1 Å². The van der Waals surface area contributed by atoms with Gasteiger partial charge in [-0.25, -0.2) is 13.1 Å². The molecule has 0 heterocycles. The average molecular weight is 329 g/mol. The Bertz CT molecular complexity index is 586. The quantitative estimate of drug-likeness (QED) is 0.698. The molecule has 21 heavy (non-hydrogen) atoms. The van der Waals surface area contributed by atoms with Gasteiger partial charge in [0.05, 0.1) is 5.75 Å². The number of benzene rings is 1. The van der Waals surface area contributed by atoms with Gasteiger partial charge in [0.15, 0.2) is 0 Å². The molecule has 0 saturated carbocycles. The van der Waals surface area contributed by atoms with E-state index in [9.17, 15) is 8.42 Å². The predicted octanol–water partition coefficient (Wildman–Crippen LogP) is 1.08.